The molecule has 2 nitrogen and oxygen atoms in total. The molecule has 0 amide bonds. The topological polar surface area (TPSA) is 17.8 Å². The van der Waals surface area contributed by atoms with Gasteiger partial charge in [-0.2, -0.15) is 13.2 Å². The van der Waals surface area contributed by atoms with E-state index in [9.17, 15) is 13.2 Å². The van der Waals surface area contributed by atoms with Crippen molar-refractivity contribution in [1.82, 2.24) is 9.55 Å². The van der Waals surface area contributed by atoms with Crippen molar-refractivity contribution in [3.63, 3.8) is 0 Å². The SMILES string of the molecule is FC(F)(F)c1ccc(-c2ccc3c(c2)c2cc4c5ccccc5c5ccc(-c6cccc7ccsc67)cc5c4cc2n3-c2cc(-c3ccccc3)nc(-c3ccccc3)c2)cc1. The molecule has 0 aliphatic heterocycles. The van der Waals surface area contributed by atoms with E-state index in [-0.39, 0.29) is 0 Å². The van der Waals surface area contributed by atoms with Gasteiger partial charge in [-0.15, -0.1) is 11.3 Å². The molecule has 294 valence electrons. The lowest BCUT2D eigenvalue weighted by atomic mass is 9.91. The van der Waals surface area contributed by atoms with Gasteiger partial charge in [0.05, 0.1) is 33.7 Å². The highest BCUT2D eigenvalue weighted by Crippen LogP contribution is 2.44. The molecule has 0 fully saturated rings. The maximum absolute atomic E-state index is 13.6. The number of fused-ring (bicyclic) bond motifs is 10. The summed E-state index contributed by atoms with van der Waals surface area (Å²) in [6, 6.07) is 65.4. The molecule has 0 bridgehead atoms. The van der Waals surface area contributed by atoms with Crippen LogP contribution in [0.2, 0.25) is 0 Å². The number of nitrogens with zero attached hydrogens (tertiary/aromatic N) is 2. The molecule has 0 atom stereocenters. The van der Waals surface area contributed by atoms with Crippen LogP contribution in [-0.2, 0) is 6.18 Å². The first-order chi connectivity index (χ1) is 30.4. The van der Waals surface area contributed by atoms with E-state index < -0.39 is 11.7 Å². The lowest BCUT2D eigenvalue weighted by molar-refractivity contribution is -0.137. The average molecular weight is 823 g/mol. The third-order valence-electron chi connectivity index (χ3n) is 12.3. The second kappa shape index (κ2) is 14.0. The van der Waals surface area contributed by atoms with Gasteiger partial charge in [-0.1, -0.05) is 133 Å². The van der Waals surface area contributed by atoms with Crippen molar-refractivity contribution in [3.05, 3.63) is 205 Å². The van der Waals surface area contributed by atoms with E-state index in [1.165, 1.54) is 31.8 Å². The normalized spacial score (nSPS) is 12.1. The zero-order chi connectivity index (χ0) is 41.5. The second-order valence-corrected chi connectivity index (χ2v) is 16.8. The highest BCUT2D eigenvalue weighted by Gasteiger charge is 2.30. The summed E-state index contributed by atoms with van der Waals surface area (Å²) in [5.41, 5.74) is 9.93. The maximum atomic E-state index is 13.6. The van der Waals surface area contributed by atoms with Crippen molar-refractivity contribution in [2.75, 3.05) is 0 Å². The van der Waals surface area contributed by atoms with Gasteiger partial charge in [0, 0.05) is 26.6 Å². The first kappa shape index (κ1) is 36.3. The van der Waals surface area contributed by atoms with Crippen LogP contribution >= 0.6 is 11.3 Å². The molecule has 3 aromatic heterocycles. The van der Waals surface area contributed by atoms with Crippen molar-refractivity contribution in [1.29, 1.82) is 0 Å². The summed E-state index contributed by atoms with van der Waals surface area (Å²) >= 11 is 1.77. The van der Waals surface area contributed by atoms with Crippen molar-refractivity contribution in [2.45, 2.75) is 6.18 Å². The summed E-state index contributed by atoms with van der Waals surface area (Å²) in [4.78, 5) is 5.21. The second-order valence-electron chi connectivity index (χ2n) is 15.8. The molecule has 0 spiro atoms. The molecule has 9 aromatic carbocycles. The quantitative estimate of drug-likeness (QED) is 0.158. The maximum Gasteiger partial charge on any atom is 0.416 e. The van der Waals surface area contributed by atoms with Crippen molar-refractivity contribution < 1.29 is 13.2 Å². The van der Waals surface area contributed by atoms with Gasteiger partial charge in [-0.25, -0.2) is 4.98 Å². The van der Waals surface area contributed by atoms with Crippen LogP contribution in [0.1, 0.15) is 5.56 Å². The standard InChI is InChI=1S/C56H33F3N2S/c57-56(58,59)40-22-18-34(19-23-40)38-21-25-53-49(28-38)50-32-47-44-16-8-7-15-43(44)45-24-20-39(42-17-9-14-37-26-27-62-55(37)42)29-46(45)48(47)33-54(50)61(53)41-30-51(35-10-3-1-4-11-35)60-52(31-41)36-12-5-2-6-13-36/h1-33H. The minimum atomic E-state index is -4.41. The number of pyridine rings is 1. The number of hydrogen-bond acceptors (Lipinski definition) is 2. The molecule has 0 unspecified atom stereocenters. The molecule has 0 radical (unpaired) electrons. The van der Waals surface area contributed by atoms with Crippen LogP contribution in [-0.4, -0.2) is 9.55 Å². The predicted octanol–water partition coefficient (Wildman–Crippen LogP) is 16.5. The fourth-order valence-electron chi connectivity index (χ4n) is 9.32. The molecule has 0 N–H and O–H groups in total. The molecular weight excluding hydrogens is 790 g/mol. The van der Waals surface area contributed by atoms with E-state index in [1.807, 2.05) is 42.5 Å². The van der Waals surface area contributed by atoms with Crippen LogP contribution in [0.25, 0.3) is 115 Å². The van der Waals surface area contributed by atoms with Gasteiger partial charge in [0.15, 0.2) is 0 Å². The number of alkyl halides is 3. The molecule has 3 heterocycles. The van der Waals surface area contributed by atoms with Gasteiger partial charge >= 0.3 is 6.18 Å². The van der Waals surface area contributed by atoms with E-state index in [1.54, 1.807) is 23.5 Å². The summed E-state index contributed by atoms with van der Waals surface area (Å²) < 4.78 is 44.5. The third kappa shape index (κ3) is 5.90. The van der Waals surface area contributed by atoms with Crippen LogP contribution in [0, 0.1) is 0 Å². The van der Waals surface area contributed by atoms with E-state index >= 15 is 0 Å². The summed E-state index contributed by atoms with van der Waals surface area (Å²) in [5, 5.41) is 12.4. The van der Waals surface area contributed by atoms with Crippen molar-refractivity contribution in [3.8, 4) is 50.5 Å². The molecule has 62 heavy (non-hydrogen) atoms. The Hall–Kier alpha value is -7.54. The Bertz CT molecular complexity index is 3660. The first-order valence-corrected chi connectivity index (χ1v) is 21.4. The Morgan fingerprint density at radius 2 is 0.984 bits per heavy atom. The molecule has 12 rings (SSSR count). The number of rotatable bonds is 5. The number of benzene rings is 9. The zero-order valence-corrected chi connectivity index (χ0v) is 33.8. The van der Waals surface area contributed by atoms with Crippen molar-refractivity contribution in [2.24, 2.45) is 0 Å². The van der Waals surface area contributed by atoms with Crippen molar-refractivity contribution >= 4 is 75.5 Å². The molecule has 0 aliphatic carbocycles. The fraction of sp³-hybridized carbons (Fsp3) is 0.0179. The smallest absolute Gasteiger partial charge is 0.309 e. The van der Waals surface area contributed by atoms with E-state index in [0.717, 1.165) is 89.4 Å². The molecule has 12 aromatic rings. The number of aromatic nitrogens is 2. The van der Waals surface area contributed by atoms with E-state index in [4.69, 9.17) is 4.98 Å². The van der Waals surface area contributed by atoms with Gasteiger partial charge in [0.1, 0.15) is 0 Å². The molecule has 0 aliphatic rings. The average Bonchev–Trinajstić information content (AvgIpc) is 3.94. The fourth-order valence-corrected chi connectivity index (χ4v) is 10.3. The Morgan fingerprint density at radius 1 is 0.403 bits per heavy atom. The number of hydrogen-bond donors (Lipinski definition) is 0. The molecule has 0 saturated carbocycles. The largest absolute Gasteiger partial charge is 0.416 e. The zero-order valence-electron chi connectivity index (χ0n) is 33.0. The Kier molecular flexibility index (Phi) is 8.21. The van der Waals surface area contributed by atoms with E-state index in [0.29, 0.717) is 5.56 Å². The monoisotopic (exact) mass is 822 g/mol. The third-order valence-corrected chi connectivity index (χ3v) is 13.2. The minimum Gasteiger partial charge on any atom is -0.309 e. The summed E-state index contributed by atoms with van der Waals surface area (Å²) in [6.45, 7) is 0. The van der Waals surface area contributed by atoms with Gasteiger partial charge in [-0.3, -0.25) is 0 Å². The molecule has 0 saturated heterocycles. The highest BCUT2D eigenvalue weighted by molar-refractivity contribution is 7.17. The highest BCUT2D eigenvalue weighted by atomic mass is 32.1. The van der Waals surface area contributed by atoms with Gasteiger partial charge in [0.25, 0.3) is 0 Å². The Balaban J connectivity index is 1.19. The lowest BCUT2D eigenvalue weighted by Gasteiger charge is -2.15. The predicted molar refractivity (Wildman–Crippen MR) is 253 cm³/mol. The van der Waals surface area contributed by atoms with Crippen LogP contribution in [0.3, 0.4) is 0 Å². The van der Waals surface area contributed by atoms with E-state index in [2.05, 4.69) is 137 Å². The van der Waals surface area contributed by atoms with Gasteiger partial charge in [0.2, 0.25) is 0 Å². The van der Waals surface area contributed by atoms with Crippen LogP contribution < -0.4 is 0 Å². The summed E-state index contributed by atoms with van der Waals surface area (Å²) in [6.07, 6.45) is -4.41. The Labute approximate surface area is 358 Å². The van der Waals surface area contributed by atoms with Crippen LogP contribution in [0.5, 0.6) is 0 Å². The van der Waals surface area contributed by atoms with Crippen LogP contribution in [0.4, 0.5) is 13.2 Å². The number of halogens is 3. The molecular formula is C56H33F3N2S. The van der Waals surface area contributed by atoms with Crippen LogP contribution in [0.15, 0.2) is 200 Å². The van der Waals surface area contributed by atoms with Gasteiger partial charge < -0.3 is 4.57 Å². The molecule has 6 heteroatoms. The minimum absolute atomic E-state index is 0.666. The Morgan fingerprint density at radius 3 is 1.69 bits per heavy atom. The number of thiophene rings is 1. The van der Waals surface area contributed by atoms with Gasteiger partial charge in [-0.05, 0) is 126 Å². The first-order valence-electron chi connectivity index (χ1n) is 20.5. The summed E-state index contributed by atoms with van der Waals surface area (Å²) in [7, 11) is 0. The summed E-state index contributed by atoms with van der Waals surface area (Å²) in [5.74, 6) is 0. The lowest BCUT2D eigenvalue weighted by Crippen LogP contribution is -2.03.